The van der Waals surface area contributed by atoms with E-state index >= 15 is 0 Å². The van der Waals surface area contributed by atoms with Crippen LogP contribution in [0.2, 0.25) is 0 Å². The quantitative estimate of drug-likeness (QED) is 0.498. The van der Waals surface area contributed by atoms with Crippen molar-refractivity contribution in [1.82, 2.24) is 24.9 Å². The van der Waals surface area contributed by atoms with E-state index in [1.54, 1.807) is 18.5 Å². The first-order valence-corrected chi connectivity index (χ1v) is 9.84. The molecule has 0 aromatic carbocycles. The molecule has 4 heterocycles. The number of aromatic nitrogens is 5. The number of pyridine rings is 2. The van der Waals surface area contributed by atoms with Gasteiger partial charge in [0, 0.05) is 31.2 Å². The van der Waals surface area contributed by atoms with E-state index in [1.807, 2.05) is 24.4 Å². The van der Waals surface area contributed by atoms with Crippen molar-refractivity contribution in [3.63, 3.8) is 0 Å². The van der Waals surface area contributed by atoms with Gasteiger partial charge in [-0.1, -0.05) is 19.3 Å². The van der Waals surface area contributed by atoms with Crippen LogP contribution in [-0.4, -0.2) is 24.9 Å². The molecular weight excluding hydrogens is 362 g/mol. The topological polar surface area (TPSA) is 118 Å². The summed E-state index contributed by atoms with van der Waals surface area (Å²) in [5, 5.41) is 18.1. The van der Waals surface area contributed by atoms with Crippen LogP contribution in [0.3, 0.4) is 0 Å². The van der Waals surface area contributed by atoms with Crippen molar-refractivity contribution < 1.29 is 1.43 Å². The summed E-state index contributed by atoms with van der Waals surface area (Å²) in [6.45, 7) is 0. The number of imidazole rings is 1. The van der Waals surface area contributed by atoms with Crippen LogP contribution in [0.15, 0.2) is 36.8 Å². The van der Waals surface area contributed by atoms with Gasteiger partial charge in [-0.3, -0.25) is 0 Å². The molecule has 4 aromatic rings. The maximum absolute atomic E-state index is 8.76. The standard InChI is InChI=1S/C14H8N6.C8H13N.H2/c15-5-9-2-1-8(6-17-9)13-19-11-7-18-14-10(3-4-16-14)12(11)20-13;9-7-6-8-4-2-1-3-5-8;/h1-4,6-7H,(H,16,18)(H,19,20);8H,1-6H2;1H. The predicted octanol–water partition coefficient (Wildman–Crippen LogP) is 5.10. The second-order valence-corrected chi connectivity index (χ2v) is 7.26. The highest BCUT2D eigenvalue weighted by molar-refractivity contribution is 6.01. The Kier molecular flexibility index (Phi) is 5.49. The molecule has 1 aliphatic carbocycles. The van der Waals surface area contributed by atoms with Gasteiger partial charge in [-0.25, -0.2) is 15.0 Å². The molecule has 7 nitrogen and oxygen atoms in total. The zero-order chi connectivity index (χ0) is 20.1. The lowest BCUT2D eigenvalue weighted by Crippen LogP contribution is -2.04. The van der Waals surface area contributed by atoms with Gasteiger partial charge in [0.2, 0.25) is 0 Å². The summed E-state index contributed by atoms with van der Waals surface area (Å²) < 4.78 is 0. The summed E-state index contributed by atoms with van der Waals surface area (Å²) in [5.74, 6) is 1.45. The number of nitriles is 2. The first-order chi connectivity index (χ1) is 14.3. The zero-order valence-electron chi connectivity index (χ0n) is 16.0. The molecule has 4 aromatic heterocycles. The predicted molar refractivity (Wildman–Crippen MR) is 113 cm³/mol. The number of H-pyrrole nitrogens is 2. The lowest BCUT2D eigenvalue weighted by atomic mass is 9.87. The minimum Gasteiger partial charge on any atom is -0.346 e. The van der Waals surface area contributed by atoms with Crippen LogP contribution in [-0.2, 0) is 0 Å². The van der Waals surface area contributed by atoms with E-state index in [-0.39, 0.29) is 1.43 Å². The fraction of sp³-hybridized carbons (Fsp3) is 0.318. The molecule has 0 bridgehead atoms. The van der Waals surface area contributed by atoms with E-state index in [0.29, 0.717) is 11.5 Å². The summed E-state index contributed by atoms with van der Waals surface area (Å²) >= 11 is 0. The number of aromatic amines is 2. The number of hydrogen-bond acceptors (Lipinski definition) is 5. The van der Waals surface area contributed by atoms with Crippen LogP contribution >= 0.6 is 0 Å². The molecule has 0 spiro atoms. The van der Waals surface area contributed by atoms with E-state index in [9.17, 15) is 0 Å². The third kappa shape index (κ3) is 4.09. The van der Waals surface area contributed by atoms with E-state index in [2.05, 4.69) is 31.0 Å². The Morgan fingerprint density at radius 1 is 1.07 bits per heavy atom. The molecule has 29 heavy (non-hydrogen) atoms. The highest BCUT2D eigenvalue weighted by Crippen LogP contribution is 2.26. The Bertz CT molecular complexity index is 1190. The maximum atomic E-state index is 8.76. The molecule has 0 amide bonds. The zero-order valence-corrected chi connectivity index (χ0v) is 16.0. The van der Waals surface area contributed by atoms with Gasteiger partial charge >= 0.3 is 0 Å². The Morgan fingerprint density at radius 3 is 2.66 bits per heavy atom. The first kappa shape index (κ1) is 18.6. The molecule has 2 N–H and O–H groups in total. The summed E-state index contributed by atoms with van der Waals surface area (Å²) in [6, 6.07) is 9.68. The maximum Gasteiger partial charge on any atom is 0.140 e. The Balaban J connectivity index is 0.000000218. The van der Waals surface area contributed by atoms with E-state index in [1.165, 1.54) is 32.1 Å². The minimum absolute atomic E-state index is 0. The van der Waals surface area contributed by atoms with Crippen molar-refractivity contribution in [1.29, 1.82) is 10.5 Å². The van der Waals surface area contributed by atoms with Crippen molar-refractivity contribution in [2.45, 2.75) is 38.5 Å². The smallest absolute Gasteiger partial charge is 0.140 e. The number of fused-ring (bicyclic) bond motifs is 3. The van der Waals surface area contributed by atoms with Crippen LogP contribution in [0.1, 0.15) is 45.6 Å². The molecule has 0 saturated heterocycles. The molecule has 5 rings (SSSR count). The number of nitrogens with one attached hydrogen (secondary N) is 2. The second kappa shape index (κ2) is 8.53. The van der Waals surface area contributed by atoms with Crippen molar-refractivity contribution in [2.24, 2.45) is 5.92 Å². The second-order valence-electron chi connectivity index (χ2n) is 7.26. The van der Waals surface area contributed by atoms with Gasteiger partial charge in [-0.15, -0.1) is 0 Å². The van der Waals surface area contributed by atoms with Gasteiger partial charge in [0.1, 0.15) is 28.8 Å². The van der Waals surface area contributed by atoms with Gasteiger partial charge in [-0.2, -0.15) is 10.5 Å². The van der Waals surface area contributed by atoms with Gasteiger partial charge in [0.05, 0.1) is 17.8 Å². The molecule has 146 valence electrons. The van der Waals surface area contributed by atoms with Gasteiger partial charge in [-0.05, 0) is 37.0 Å². The lowest BCUT2D eigenvalue weighted by molar-refractivity contribution is 0.364. The average Bonchev–Trinajstić information content (AvgIpc) is 3.42. The molecule has 0 radical (unpaired) electrons. The van der Waals surface area contributed by atoms with Gasteiger partial charge < -0.3 is 9.97 Å². The van der Waals surface area contributed by atoms with Crippen LogP contribution in [0.25, 0.3) is 33.5 Å². The molecular formula is C22H23N7. The van der Waals surface area contributed by atoms with Crippen LogP contribution in [0, 0.1) is 28.6 Å². The SMILES string of the molecule is N#CCC1CCCCC1.N#Cc1ccc(-c2nc3c(cnc4[nH]ccc43)[nH]2)cn1.[HH]. The van der Waals surface area contributed by atoms with Crippen LogP contribution in [0.5, 0.6) is 0 Å². The molecule has 1 aliphatic rings. The monoisotopic (exact) mass is 385 g/mol. The molecule has 1 fully saturated rings. The molecule has 1 saturated carbocycles. The van der Waals surface area contributed by atoms with E-state index in [4.69, 9.17) is 10.5 Å². The largest absolute Gasteiger partial charge is 0.346 e. The average molecular weight is 385 g/mol. The van der Waals surface area contributed by atoms with Gasteiger partial charge in [0.15, 0.2) is 0 Å². The highest BCUT2D eigenvalue weighted by Gasteiger charge is 2.12. The number of hydrogen-bond donors (Lipinski definition) is 2. The summed E-state index contributed by atoms with van der Waals surface area (Å²) in [6.07, 6.45) is 12.7. The normalized spacial score (nSPS) is 14.1. The van der Waals surface area contributed by atoms with E-state index < -0.39 is 0 Å². The molecule has 0 aliphatic heterocycles. The van der Waals surface area contributed by atoms with Crippen molar-refractivity contribution >= 4 is 22.1 Å². The Labute approximate surface area is 169 Å². The fourth-order valence-electron chi connectivity index (χ4n) is 3.73. The molecule has 7 heteroatoms. The van der Waals surface area contributed by atoms with Crippen molar-refractivity contribution in [3.05, 3.63) is 42.5 Å². The van der Waals surface area contributed by atoms with Crippen LogP contribution in [0.4, 0.5) is 0 Å². The van der Waals surface area contributed by atoms with Crippen LogP contribution < -0.4 is 0 Å². The molecule has 0 atom stereocenters. The van der Waals surface area contributed by atoms with E-state index in [0.717, 1.165) is 40.0 Å². The third-order valence-electron chi connectivity index (χ3n) is 5.29. The Hall–Kier alpha value is -3.71. The molecule has 0 unspecified atom stereocenters. The third-order valence-corrected chi connectivity index (χ3v) is 5.29. The number of rotatable bonds is 2. The minimum atomic E-state index is 0. The summed E-state index contributed by atoms with van der Waals surface area (Å²) in [4.78, 5) is 19.3. The Morgan fingerprint density at radius 2 is 1.93 bits per heavy atom. The van der Waals surface area contributed by atoms with Gasteiger partial charge in [0.25, 0.3) is 0 Å². The number of nitrogens with zero attached hydrogens (tertiary/aromatic N) is 5. The summed E-state index contributed by atoms with van der Waals surface area (Å²) in [7, 11) is 0. The summed E-state index contributed by atoms with van der Waals surface area (Å²) in [5.41, 5.74) is 3.78. The highest BCUT2D eigenvalue weighted by atomic mass is 15.0. The van der Waals surface area contributed by atoms with Crippen molar-refractivity contribution in [2.75, 3.05) is 0 Å². The van der Waals surface area contributed by atoms with Crippen molar-refractivity contribution in [3.8, 4) is 23.5 Å². The first-order valence-electron chi connectivity index (χ1n) is 9.84. The fourth-order valence-corrected chi connectivity index (χ4v) is 3.73. The lowest BCUT2D eigenvalue weighted by Gasteiger charge is -2.17.